The van der Waals surface area contributed by atoms with Crippen LogP contribution in [0.4, 0.5) is 5.69 Å². The van der Waals surface area contributed by atoms with Crippen molar-refractivity contribution in [2.75, 3.05) is 19.3 Å². The van der Waals surface area contributed by atoms with Crippen LogP contribution in [0.15, 0.2) is 24.3 Å². The van der Waals surface area contributed by atoms with Gasteiger partial charge in [0, 0.05) is 25.2 Å². The van der Waals surface area contributed by atoms with Crippen molar-refractivity contribution < 1.29 is 13.3 Å². The normalized spacial score (nSPS) is 11.4. The van der Waals surface area contributed by atoms with Crippen LogP contribution in [0, 0.1) is 10.1 Å². The van der Waals surface area contributed by atoms with Crippen LogP contribution in [0.25, 0.3) is 0 Å². The van der Waals surface area contributed by atoms with E-state index in [0.717, 1.165) is 0 Å². The summed E-state index contributed by atoms with van der Waals surface area (Å²) in [5.41, 5.74) is 0.658. The van der Waals surface area contributed by atoms with E-state index in [1.54, 1.807) is 7.05 Å². The summed E-state index contributed by atoms with van der Waals surface area (Å²) < 4.78 is 25.4. The van der Waals surface area contributed by atoms with Gasteiger partial charge in [-0.3, -0.25) is 10.1 Å². The molecule has 7 nitrogen and oxygen atoms in total. The van der Waals surface area contributed by atoms with E-state index in [0.29, 0.717) is 12.1 Å². The maximum absolute atomic E-state index is 11.5. The van der Waals surface area contributed by atoms with E-state index in [-0.39, 0.29) is 18.0 Å². The Balaban J connectivity index is 2.56. The van der Waals surface area contributed by atoms with Gasteiger partial charge >= 0.3 is 0 Å². The molecule has 0 aromatic heterocycles. The van der Waals surface area contributed by atoms with Crippen LogP contribution in [-0.2, 0) is 16.6 Å². The molecule has 0 bridgehead atoms. The minimum absolute atomic E-state index is 0.00349. The smallest absolute Gasteiger partial charge is 0.269 e. The summed E-state index contributed by atoms with van der Waals surface area (Å²) in [5, 5.41) is 13.2. The zero-order valence-corrected chi connectivity index (χ0v) is 10.7. The minimum atomic E-state index is -3.31. The number of sulfonamides is 1. The van der Waals surface area contributed by atoms with E-state index in [4.69, 9.17) is 0 Å². The van der Waals surface area contributed by atoms with Gasteiger partial charge in [0.2, 0.25) is 10.0 Å². The predicted molar refractivity (Wildman–Crippen MR) is 67.6 cm³/mol. The van der Waals surface area contributed by atoms with Crippen LogP contribution in [-0.4, -0.2) is 32.7 Å². The van der Waals surface area contributed by atoms with Crippen molar-refractivity contribution in [3.05, 3.63) is 39.9 Å². The Morgan fingerprint density at radius 3 is 2.39 bits per heavy atom. The molecule has 8 heteroatoms. The van der Waals surface area contributed by atoms with Gasteiger partial charge in [-0.05, 0) is 12.6 Å². The minimum Gasteiger partial charge on any atom is -0.319 e. The van der Waals surface area contributed by atoms with Crippen molar-refractivity contribution >= 4 is 15.7 Å². The van der Waals surface area contributed by atoms with Crippen molar-refractivity contribution in [3.8, 4) is 0 Å². The molecule has 0 amide bonds. The fourth-order valence-corrected chi connectivity index (χ4v) is 2.24. The Kier molecular flexibility index (Phi) is 5.20. The third-order valence-corrected chi connectivity index (χ3v) is 3.59. The molecular weight excluding hydrogens is 258 g/mol. The standard InChI is InChI=1S/C10H15N3O4S/c1-11-6-7-18(16,17)12-8-9-2-4-10(5-3-9)13(14)15/h2-5,11-12H,6-8H2,1H3. The number of nitrogens with zero attached hydrogens (tertiary/aromatic N) is 1. The van der Waals surface area contributed by atoms with Gasteiger partial charge in [0.15, 0.2) is 0 Å². The van der Waals surface area contributed by atoms with Crippen LogP contribution in [0.5, 0.6) is 0 Å². The molecular formula is C10H15N3O4S. The van der Waals surface area contributed by atoms with Gasteiger partial charge in [0.1, 0.15) is 0 Å². The molecule has 0 aliphatic rings. The molecule has 0 atom stereocenters. The Hall–Kier alpha value is -1.51. The summed E-state index contributed by atoms with van der Waals surface area (Å²) in [5.74, 6) is -0.00349. The molecule has 0 aliphatic heterocycles. The monoisotopic (exact) mass is 273 g/mol. The first-order chi connectivity index (χ1) is 8.44. The molecule has 0 radical (unpaired) electrons. The van der Waals surface area contributed by atoms with Gasteiger partial charge in [-0.15, -0.1) is 0 Å². The number of benzene rings is 1. The SMILES string of the molecule is CNCCS(=O)(=O)NCc1ccc([N+](=O)[O-])cc1. The molecule has 0 saturated carbocycles. The lowest BCUT2D eigenvalue weighted by Gasteiger charge is -2.06. The van der Waals surface area contributed by atoms with Gasteiger partial charge in [-0.2, -0.15) is 0 Å². The maximum Gasteiger partial charge on any atom is 0.269 e. The maximum atomic E-state index is 11.5. The number of non-ortho nitro benzene ring substituents is 1. The van der Waals surface area contributed by atoms with Gasteiger partial charge in [-0.1, -0.05) is 12.1 Å². The quantitative estimate of drug-likeness (QED) is 0.547. The summed E-state index contributed by atoms with van der Waals surface area (Å²) >= 11 is 0. The van der Waals surface area contributed by atoms with Crippen LogP contribution >= 0.6 is 0 Å². The third kappa shape index (κ3) is 4.78. The molecule has 0 spiro atoms. The first-order valence-electron chi connectivity index (χ1n) is 5.30. The second kappa shape index (κ2) is 6.43. The lowest BCUT2D eigenvalue weighted by atomic mass is 10.2. The molecule has 0 unspecified atom stereocenters. The number of rotatable bonds is 7. The highest BCUT2D eigenvalue weighted by molar-refractivity contribution is 7.89. The first-order valence-corrected chi connectivity index (χ1v) is 6.95. The van der Waals surface area contributed by atoms with Crippen molar-refractivity contribution in [1.82, 2.24) is 10.0 Å². The highest BCUT2D eigenvalue weighted by Gasteiger charge is 2.09. The number of hydrogen-bond donors (Lipinski definition) is 2. The molecule has 0 aliphatic carbocycles. The third-order valence-electron chi connectivity index (χ3n) is 2.26. The predicted octanol–water partition coefficient (Wildman–Crippen LogP) is 0.234. The highest BCUT2D eigenvalue weighted by atomic mass is 32.2. The summed E-state index contributed by atoms with van der Waals surface area (Å²) in [6.07, 6.45) is 0. The van der Waals surface area contributed by atoms with Crippen molar-refractivity contribution in [2.45, 2.75) is 6.54 Å². The molecule has 100 valence electrons. The Bertz CT molecular complexity index is 498. The number of nitrogens with one attached hydrogen (secondary N) is 2. The van der Waals surface area contributed by atoms with E-state index in [1.165, 1.54) is 24.3 Å². The van der Waals surface area contributed by atoms with Crippen LogP contribution in [0.2, 0.25) is 0 Å². The van der Waals surface area contributed by atoms with Crippen LogP contribution in [0.1, 0.15) is 5.56 Å². The second-order valence-corrected chi connectivity index (χ2v) is 5.59. The number of nitro benzene ring substituents is 1. The first kappa shape index (κ1) is 14.6. The van der Waals surface area contributed by atoms with Gasteiger partial charge in [0.05, 0.1) is 10.7 Å². The van der Waals surface area contributed by atoms with Crippen LogP contribution < -0.4 is 10.0 Å². The molecule has 0 heterocycles. The molecule has 18 heavy (non-hydrogen) atoms. The molecule has 0 fully saturated rings. The highest BCUT2D eigenvalue weighted by Crippen LogP contribution is 2.11. The van der Waals surface area contributed by atoms with Crippen molar-refractivity contribution in [3.63, 3.8) is 0 Å². The summed E-state index contributed by atoms with van der Waals surface area (Å²) in [4.78, 5) is 9.94. The van der Waals surface area contributed by atoms with Gasteiger partial charge in [-0.25, -0.2) is 13.1 Å². The summed E-state index contributed by atoms with van der Waals surface area (Å²) in [7, 11) is -1.64. The molecule has 0 saturated heterocycles. The van der Waals surface area contributed by atoms with Gasteiger partial charge in [0.25, 0.3) is 5.69 Å². The lowest BCUT2D eigenvalue weighted by molar-refractivity contribution is -0.384. The summed E-state index contributed by atoms with van der Waals surface area (Å²) in [6, 6.07) is 5.74. The van der Waals surface area contributed by atoms with Crippen LogP contribution in [0.3, 0.4) is 0 Å². The summed E-state index contributed by atoms with van der Waals surface area (Å²) in [6.45, 7) is 0.500. The molecule has 1 aromatic rings. The molecule has 1 aromatic carbocycles. The average Bonchev–Trinajstić information content (AvgIpc) is 2.35. The van der Waals surface area contributed by atoms with Crippen molar-refractivity contribution in [2.24, 2.45) is 0 Å². The molecule has 1 rings (SSSR count). The van der Waals surface area contributed by atoms with E-state index >= 15 is 0 Å². The van der Waals surface area contributed by atoms with E-state index in [9.17, 15) is 18.5 Å². The average molecular weight is 273 g/mol. The number of nitro groups is 1. The number of hydrogen-bond acceptors (Lipinski definition) is 5. The fraction of sp³-hybridized carbons (Fsp3) is 0.400. The zero-order valence-electron chi connectivity index (χ0n) is 9.92. The largest absolute Gasteiger partial charge is 0.319 e. The fourth-order valence-electron chi connectivity index (χ4n) is 1.24. The van der Waals surface area contributed by atoms with Gasteiger partial charge < -0.3 is 5.32 Å². The zero-order chi connectivity index (χ0) is 13.6. The van der Waals surface area contributed by atoms with E-state index in [2.05, 4.69) is 10.0 Å². The Labute approximate surface area is 105 Å². The lowest BCUT2D eigenvalue weighted by Crippen LogP contribution is -2.30. The van der Waals surface area contributed by atoms with Crippen molar-refractivity contribution in [1.29, 1.82) is 0 Å². The second-order valence-electron chi connectivity index (χ2n) is 3.67. The Morgan fingerprint density at radius 1 is 1.28 bits per heavy atom. The molecule has 2 N–H and O–H groups in total. The Morgan fingerprint density at radius 2 is 1.89 bits per heavy atom. The van der Waals surface area contributed by atoms with E-state index < -0.39 is 14.9 Å². The van der Waals surface area contributed by atoms with E-state index in [1.807, 2.05) is 0 Å². The topological polar surface area (TPSA) is 101 Å².